The van der Waals surface area contributed by atoms with E-state index >= 15 is 0 Å². The first-order valence-electron chi connectivity index (χ1n) is 6.56. The molecule has 0 bridgehead atoms. The molecule has 4 nitrogen and oxygen atoms in total. The molecule has 0 unspecified atom stereocenters. The molecule has 0 amide bonds. The first-order valence-corrected chi connectivity index (χ1v) is 6.56. The summed E-state index contributed by atoms with van der Waals surface area (Å²) in [5, 5.41) is 0. The van der Waals surface area contributed by atoms with Gasteiger partial charge >= 0.3 is 0 Å². The van der Waals surface area contributed by atoms with Gasteiger partial charge in [-0.3, -0.25) is 9.69 Å². The molecule has 1 fully saturated rings. The third-order valence-corrected chi connectivity index (χ3v) is 3.95. The van der Waals surface area contributed by atoms with Gasteiger partial charge in [-0.25, -0.2) is 0 Å². The summed E-state index contributed by atoms with van der Waals surface area (Å²) in [6, 6.07) is 10.2. The molecule has 0 spiro atoms. The molecule has 1 aromatic rings. The summed E-state index contributed by atoms with van der Waals surface area (Å²) in [4.78, 5) is 13.0. The van der Waals surface area contributed by atoms with Crippen LogP contribution in [0.4, 0.5) is 0 Å². The van der Waals surface area contributed by atoms with Crippen LogP contribution in [0.2, 0.25) is 0 Å². The second-order valence-electron chi connectivity index (χ2n) is 5.23. The maximum Gasteiger partial charge on any atom is 0.293 e. The van der Waals surface area contributed by atoms with Crippen LogP contribution >= 0.6 is 0 Å². The molecule has 2 rings (SSSR count). The Labute approximate surface area is 114 Å². The fraction of sp³-hybridized carbons (Fsp3) is 0.533. The Morgan fingerprint density at radius 3 is 2.79 bits per heavy atom. The highest BCUT2D eigenvalue weighted by atomic mass is 16.5. The maximum absolute atomic E-state index is 10.7. The van der Waals surface area contributed by atoms with E-state index in [4.69, 9.17) is 9.47 Å². The standard InChI is InChI=1S/C15H21NO3/c1-15(13-6-4-3-5-7-13)11-16(8-9-18-2)10-14(15)19-12-17/h3-7,12,14H,8-11H2,1-2H3/t14-,15+/m1/s1. The van der Waals surface area contributed by atoms with E-state index in [2.05, 4.69) is 24.0 Å². The van der Waals surface area contributed by atoms with Crippen molar-refractivity contribution >= 4 is 6.47 Å². The number of carbonyl (C=O) groups is 1. The van der Waals surface area contributed by atoms with E-state index in [9.17, 15) is 4.79 Å². The fourth-order valence-corrected chi connectivity index (χ4v) is 2.81. The van der Waals surface area contributed by atoms with Crippen LogP contribution < -0.4 is 0 Å². The number of carbonyl (C=O) groups excluding carboxylic acids is 1. The summed E-state index contributed by atoms with van der Waals surface area (Å²) in [5.41, 5.74) is 1.05. The highest BCUT2D eigenvalue weighted by Gasteiger charge is 2.45. The monoisotopic (exact) mass is 263 g/mol. The molecule has 0 aliphatic carbocycles. The minimum Gasteiger partial charge on any atom is -0.462 e. The summed E-state index contributed by atoms with van der Waals surface area (Å²) in [5.74, 6) is 0. The Hall–Kier alpha value is -1.39. The molecular weight excluding hydrogens is 242 g/mol. The van der Waals surface area contributed by atoms with E-state index in [0.29, 0.717) is 13.1 Å². The van der Waals surface area contributed by atoms with Crippen LogP contribution in [-0.2, 0) is 19.7 Å². The lowest BCUT2D eigenvalue weighted by Gasteiger charge is -2.29. The summed E-state index contributed by atoms with van der Waals surface area (Å²) in [6.45, 7) is 5.90. The Morgan fingerprint density at radius 1 is 1.42 bits per heavy atom. The molecule has 1 aliphatic heterocycles. The minimum absolute atomic E-state index is 0.107. The van der Waals surface area contributed by atoms with Crippen molar-refractivity contribution in [3.8, 4) is 0 Å². The number of hydrogen-bond donors (Lipinski definition) is 0. The number of methoxy groups -OCH3 is 1. The Balaban J connectivity index is 2.18. The van der Waals surface area contributed by atoms with E-state index in [1.807, 2.05) is 18.2 Å². The predicted molar refractivity (Wildman–Crippen MR) is 73.0 cm³/mol. The van der Waals surface area contributed by atoms with Crippen molar-refractivity contribution in [2.75, 3.05) is 33.4 Å². The third-order valence-electron chi connectivity index (χ3n) is 3.95. The molecule has 19 heavy (non-hydrogen) atoms. The largest absolute Gasteiger partial charge is 0.462 e. The van der Waals surface area contributed by atoms with Gasteiger partial charge in [0.05, 0.1) is 6.61 Å². The fourth-order valence-electron chi connectivity index (χ4n) is 2.81. The SMILES string of the molecule is COCCN1C[C@@H](OC=O)[C@](C)(c2ccccc2)C1. The Kier molecular flexibility index (Phi) is 4.56. The van der Waals surface area contributed by atoms with Crippen LogP contribution in [-0.4, -0.2) is 50.8 Å². The lowest BCUT2D eigenvalue weighted by Crippen LogP contribution is -2.37. The number of rotatable bonds is 6. The zero-order valence-electron chi connectivity index (χ0n) is 11.5. The number of ether oxygens (including phenoxy) is 2. The highest BCUT2D eigenvalue weighted by Crippen LogP contribution is 2.35. The predicted octanol–water partition coefficient (Wildman–Crippen LogP) is 1.45. The molecule has 4 heteroatoms. The zero-order valence-corrected chi connectivity index (χ0v) is 11.5. The normalized spacial score (nSPS) is 27.4. The quantitative estimate of drug-likeness (QED) is 0.728. The van der Waals surface area contributed by atoms with Crippen molar-refractivity contribution in [3.05, 3.63) is 35.9 Å². The number of hydrogen-bond acceptors (Lipinski definition) is 4. The van der Waals surface area contributed by atoms with E-state index in [1.165, 1.54) is 5.56 Å². The second-order valence-corrected chi connectivity index (χ2v) is 5.23. The Morgan fingerprint density at radius 2 is 2.16 bits per heavy atom. The van der Waals surface area contributed by atoms with Crippen LogP contribution in [0.5, 0.6) is 0 Å². The van der Waals surface area contributed by atoms with Crippen LogP contribution in [0.25, 0.3) is 0 Å². The van der Waals surface area contributed by atoms with Crippen molar-refractivity contribution in [2.24, 2.45) is 0 Å². The van der Waals surface area contributed by atoms with Gasteiger partial charge in [0, 0.05) is 32.2 Å². The molecule has 0 aromatic heterocycles. The van der Waals surface area contributed by atoms with Crippen molar-refractivity contribution in [1.29, 1.82) is 0 Å². The summed E-state index contributed by atoms with van der Waals surface area (Å²) in [6.07, 6.45) is -0.107. The van der Waals surface area contributed by atoms with Crippen LogP contribution in [0.1, 0.15) is 12.5 Å². The summed E-state index contributed by atoms with van der Waals surface area (Å²) >= 11 is 0. The molecule has 0 radical (unpaired) electrons. The van der Waals surface area contributed by atoms with Crippen LogP contribution in [0, 0.1) is 0 Å². The van der Waals surface area contributed by atoms with Gasteiger partial charge in [-0.05, 0) is 5.56 Å². The lowest BCUT2D eigenvalue weighted by molar-refractivity contribution is -0.135. The van der Waals surface area contributed by atoms with Crippen LogP contribution in [0.15, 0.2) is 30.3 Å². The van der Waals surface area contributed by atoms with Gasteiger partial charge in [0.25, 0.3) is 6.47 Å². The molecule has 2 atom stereocenters. The maximum atomic E-state index is 10.7. The topological polar surface area (TPSA) is 38.8 Å². The number of nitrogens with zero attached hydrogens (tertiary/aromatic N) is 1. The van der Waals surface area contributed by atoms with Gasteiger partial charge in [-0.15, -0.1) is 0 Å². The second kappa shape index (κ2) is 6.17. The van der Waals surface area contributed by atoms with E-state index < -0.39 is 0 Å². The van der Waals surface area contributed by atoms with Crippen molar-refractivity contribution in [2.45, 2.75) is 18.4 Å². The molecule has 1 aliphatic rings. The van der Waals surface area contributed by atoms with Crippen molar-refractivity contribution in [1.82, 2.24) is 4.90 Å². The molecule has 104 valence electrons. The average Bonchev–Trinajstić information content (AvgIpc) is 2.76. The van der Waals surface area contributed by atoms with E-state index in [0.717, 1.165) is 19.6 Å². The molecular formula is C15H21NO3. The summed E-state index contributed by atoms with van der Waals surface area (Å²) < 4.78 is 10.4. The number of benzene rings is 1. The average molecular weight is 263 g/mol. The smallest absolute Gasteiger partial charge is 0.293 e. The van der Waals surface area contributed by atoms with Gasteiger partial charge in [0.1, 0.15) is 6.10 Å². The van der Waals surface area contributed by atoms with Gasteiger partial charge in [0.2, 0.25) is 0 Å². The van der Waals surface area contributed by atoms with Gasteiger partial charge in [0.15, 0.2) is 0 Å². The van der Waals surface area contributed by atoms with E-state index in [-0.39, 0.29) is 11.5 Å². The minimum atomic E-state index is -0.157. The van der Waals surface area contributed by atoms with E-state index in [1.54, 1.807) is 7.11 Å². The first kappa shape index (κ1) is 14.0. The first-order chi connectivity index (χ1) is 9.20. The van der Waals surface area contributed by atoms with Gasteiger partial charge in [-0.2, -0.15) is 0 Å². The molecule has 0 saturated carbocycles. The van der Waals surface area contributed by atoms with Crippen molar-refractivity contribution in [3.63, 3.8) is 0 Å². The van der Waals surface area contributed by atoms with Gasteiger partial charge < -0.3 is 9.47 Å². The Bertz CT molecular complexity index is 409. The summed E-state index contributed by atoms with van der Waals surface area (Å²) in [7, 11) is 1.70. The lowest BCUT2D eigenvalue weighted by atomic mass is 9.80. The molecule has 1 aromatic carbocycles. The van der Waals surface area contributed by atoms with Crippen molar-refractivity contribution < 1.29 is 14.3 Å². The van der Waals surface area contributed by atoms with Gasteiger partial charge in [-0.1, -0.05) is 37.3 Å². The molecule has 1 heterocycles. The number of likely N-dealkylation sites (tertiary alicyclic amines) is 1. The molecule has 0 N–H and O–H groups in total. The highest BCUT2D eigenvalue weighted by molar-refractivity contribution is 5.40. The zero-order chi connectivity index (χ0) is 13.7. The third kappa shape index (κ3) is 2.96. The van der Waals surface area contributed by atoms with Crippen LogP contribution in [0.3, 0.4) is 0 Å². The molecule has 1 saturated heterocycles.